The summed E-state index contributed by atoms with van der Waals surface area (Å²) in [6.07, 6.45) is -0.550. The summed E-state index contributed by atoms with van der Waals surface area (Å²) in [4.78, 5) is 5.04. The van der Waals surface area contributed by atoms with Crippen LogP contribution < -0.4 is 15.2 Å². The van der Waals surface area contributed by atoms with Gasteiger partial charge in [0.1, 0.15) is 11.5 Å². The number of aryl methyl sites for hydroxylation is 2. The topological polar surface area (TPSA) is 55.9 Å². The second-order valence-corrected chi connectivity index (χ2v) is 12.6. The zero-order chi connectivity index (χ0) is 32.4. The third-order valence-corrected chi connectivity index (χ3v) is 9.08. The first-order chi connectivity index (χ1) is 21.4. The van der Waals surface area contributed by atoms with Crippen molar-refractivity contribution < 1.29 is 22.6 Å². The van der Waals surface area contributed by atoms with Crippen molar-refractivity contribution in [3.8, 4) is 22.6 Å². The van der Waals surface area contributed by atoms with Gasteiger partial charge in [0.15, 0.2) is 0 Å². The lowest BCUT2D eigenvalue weighted by atomic mass is 9.90. The number of alkyl halides is 3. The van der Waals surface area contributed by atoms with E-state index in [1.807, 2.05) is 0 Å². The Morgan fingerprint density at radius 1 is 0.889 bits per heavy atom. The maximum atomic E-state index is 12.9. The predicted octanol–water partition coefficient (Wildman–Crippen LogP) is 7.84. The van der Waals surface area contributed by atoms with Crippen LogP contribution in [0.5, 0.6) is 11.5 Å². The van der Waals surface area contributed by atoms with E-state index in [1.165, 1.54) is 28.8 Å². The largest absolute Gasteiger partial charge is 0.573 e. The Labute approximate surface area is 264 Å². The van der Waals surface area contributed by atoms with Crippen molar-refractivity contribution in [2.45, 2.75) is 72.1 Å². The maximum Gasteiger partial charge on any atom is 0.573 e. The summed E-state index contributed by atoms with van der Waals surface area (Å²) >= 11 is 0. The van der Waals surface area contributed by atoms with Crippen LogP contribution >= 0.6 is 0 Å². The number of nitrogens with two attached hydrogens (primary N) is 1. The van der Waals surface area contributed by atoms with E-state index in [0.29, 0.717) is 5.56 Å². The first-order valence-electron chi connectivity index (χ1n) is 15.8. The molecule has 0 aliphatic carbocycles. The third-order valence-electron chi connectivity index (χ3n) is 9.08. The Balaban J connectivity index is 1.38. The van der Waals surface area contributed by atoms with Gasteiger partial charge in [-0.3, -0.25) is 9.80 Å². The van der Waals surface area contributed by atoms with Gasteiger partial charge >= 0.3 is 6.36 Å². The minimum atomic E-state index is -4.76. The van der Waals surface area contributed by atoms with E-state index >= 15 is 0 Å². The van der Waals surface area contributed by atoms with Crippen molar-refractivity contribution in [2.24, 2.45) is 5.73 Å². The number of hydrogen-bond acceptors (Lipinski definition) is 5. The van der Waals surface area contributed by atoms with Crippen molar-refractivity contribution in [3.63, 3.8) is 0 Å². The lowest BCUT2D eigenvalue weighted by molar-refractivity contribution is -0.274. The van der Waals surface area contributed by atoms with Gasteiger partial charge < -0.3 is 19.8 Å². The minimum absolute atomic E-state index is 0.0989. The zero-order valence-electron chi connectivity index (χ0n) is 27.0. The van der Waals surface area contributed by atoms with Gasteiger partial charge in [0, 0.05) is 74.0 Å². The first kappa shape index (κ1) is 32.9. The number of nitrogens with zero attached hydrogens (tertiary/aromatic N) is 3. The van der Waals surface area contributed by atoms with Crippen LogP contribution in [-0.4, -0.2) is 54.0 Å². The van der Waals surface area contributed by atoms with Crippen molar-refractivity contribution in [2.75, 3.05) is 33.3 Å². The van der Waals surface area contributed by atoms with Gasteiger partial charge in [-0.05, 0) is 91.4 Å². The molecule has 0 unspecified atom stereocenters. The molecular formula is C36H45F3N4O2. The van der Waals surface area contributed by atoms with E-state index in [0.717, 1.165) is 79.9 Å². The van der Waals surface area contributed by atoms with E-state index < -0.39 is 6.36 Å². The fourth-order valence-electron chi connectivity index (χ4n) is 6.49. The number of aromatic nitrogens is 1. The molecule has 242 valence electrons. The van der Waals surface area contributed by atoms with Crippen LogP contribution in [0.1, 0.15) is 55.9 Å². The molecule has 5 rings (SSSR count). The zero-order valence-corrected chi connectivity index (χ0v) is 27.0. The van der Waals surface area contributed by atoms with Gasteiger partial charge in [-0.15, -0.1) is 13.2 Å². The molecule has 0 amide bonds. The average molecular weight is 623 g/mol. The Bertz CT molecular complexity index is 1620. The van der Waals surface area contributed by atoms with Gasteiger partial charge in [0.2, 0.25) is 0 Å². The average Bonchev–Trinajstić information content (AvgIpc) is 3.36. The van der Waals surface area contributed by atoms with Crippen LogP contribution in [0.4, 0.5) is 13.2 Å². The molecule has 45 heavy (non-hydrogen) atoms. The third kappa shape index (κ3) is 7.48. The molecule has 1 aliphatic rings. The molecule has 2 N–H and O–H groups in total. The molecule has 0 saturated carbocycles. The van der Waals surface area contributed by atoms with E-state index in [9.17, 15) is 13.2 Å². The number of ether oxygens (including phenoxy) is 2. The van der Waals surface area contributed by atoms with Crippen LogP contribution in [0, 0.1) is 6.92 Å². The van der Waals surface area contributed by atoms with Gasteiger partial charge in [0.25, 0.3) is 0 Å². The molecule has 3 aromatic carbocycles. The van der Waals surface area contributed by atoms with Crippen LogP contribution in [0.25, 0.3) is 22.0 Å². The summed E-state index contributed by atoms with van der Waals surface area (Å²) in [7, 11) is 1.71. The van der Waals surface area contributed by atoms with Gasteiger partial charge in [0.05, 0.1) is 7.11 Å². The van der Waals surface area contributed by atoms with Gasteiger partial charge in [-0.1, -0.05) is 31.5 Å². The molecular weight excluding hydrogens is 577 g/mol. The first-order valence-corrected chi connectivity index (χ1v) is 15.8. The van der Waals surface area contributed by atoms with E-state index in [-0.39, 0.29) is 17.8 Å². The van der Waals surface area contributed by atoms with Crippen molar-refractivity contribution in [1.82, 2.24) is 14.4 Å². The Morgan fingerprint density at radius 3 is 2.31 bits per heavy atom. The summed E-state index contributed by atoms with van der Waals surface area (Å²) in [5.41, 5.74) is 13.1. The highest BCUT2D eigenvalue weighted by Gasteiger charge is 2.33. The summed E-state index contributed by atoms with van der Waals surface area (Å²) in [6.45, 7) is 14.4. The van der Waals surface area contributed by atoms with Crippen molar-refractivity contribution in [1.29, 1.82) is 0 Å². The lowest BCUT2D eigenvalue weighted by Gasteiger charge is -2.44. The van der Waals surface area contributed by atoms with Gasteiger partial charge in [-0.2, -0.15) is 0 Å². The fraction of sp³-hybridized carbons (Fsp3) is 0.444. The Morgan fingerprint density at radius 2 is 1.64 bits per heavy atom. The van der Waals surface area contributed by atoms with Crippen molar-refractivity contribution >= 4 is 10.9 Å². The predicted molar refractivity (Wildman–Crippen MR) is 174 cm³/mol. The monoisotopic (exact) mass is 622 g/mol. The maximum absolute atomic E-state index is 12.9. The van der Waals surface area contributed by atoms with E-state index in [4.69, 9.17) is 10.5 Å². The molecule has 0 bridgehead atoms. The number of rotatable bonds is 11. The van der Waals surface area contributed by atoms with E-state index in [1.54, 1.807) is 13.2 Å². The molecule has 1 aliphatic heterocycles. The van der Waals surface area contributed by atoms with Gasteiger partial charge in [-0.25, -0.2) is 0 Å². The minimum Gasteiger partial charge on any atom is -0.497 e. The number of fused-ring (bicyclic) bond motifs is 1. The molecule has 1 aromatic heterocycles. The quantitative estimate of drug-likeness (QED) is 0.185. The molecule has 6 nitrogen and oxygen atoms in total. The SMILES string of the molecule is CCCCn1cc(-c2ccc(OC(F)(F)F)cc2CN)c2cc(CN3CCN(C(C)(C)c4cc(C)cc(OC)c4)CC3)ccc21. The fourth-order valence-corrected chi connectivity index (χ4v) is 6.49. The lowest BCUT2D eigenvalue weighted by Crippen LogP contribution is -2.52. The number of halogens is 3. The highest BCUT2D eigenvalue weighted by atomic mass is 19.4. The molecule has 0 atom stereocenters. The number of methoxy groups -OCH3 is 1. The van der Waals surface area contributed by atoms with Crippen LogP contribution in [0.2, 0.25) is 0 Å². The molecule has 0 radical (unpaired) electrons. The molecule has 1 saturated heterocycles. The Kier molecular flexibility index (Phi) is 9.82. The molecule has 1 fully saturated rings. The summed E-state index contributed by atoms with van der Waals surface area (Å²) in [6, 6.07) is 17.5. The summed E-state index contributed by atoms with van der Waals surface area (Å²) in [5.74, 6) is 0.630. The second-order valence-electron chi connectivity index (χ2n) is 12.6. The molecule has 0 spiro atoms. The van der Waals surface area contributed by atoms with Crippen LogP contribution in [0.3, 0.4) is 0 Å². The molecule has 2 heterocycles. The van der Waals surface area contributed by atoms with Crippen LogP contribution in [-0.2, 0) is 25.2 Å². The summed E-state index contributed by atoms with van der Waals surface area (Å²) in [5, 5.41) is 1.08. The highest BCUT2D eigenvalue weighted by molar-refractivity contribution is 5.97. The number of piperazine rings is 1. The van der Waals surface area contributed by atoms with Crippen molar-refractivity contribution in [3.05, 3.63) is 83.0 Å². The second kappa shape index (κ2) is 13.4. The Hall–Kier alpha value is -3.53. The standard InChI is InChI=1S/C36H45F3N4O2/c1-6-7-12-42-24-33(31-10-9-29(20-27(31)22-40)45-36(37,38)39)32-19-26(8-11-34(32)42)23-41-13-15-43(16-14-41)35(3,4)28-17-25(2)18-30(21-28)44-5/h8-11,17-21,24H,6-7,12-16,22-23,40H2,1-5H3. The summed E-state index contributed by atoms with van der Waals surface area (Å²) < 4.78 is 50.7. The highest BCUT2D eigenvalue weighted by Crippen LogP contribution is 2.37. The molecule has 4 aromatic rings. The number of hydrogen-bond donors (Lipinski definition) is 1. The van der Waals surface area contributed by atoms with Crippen LogP contribution in [0.15, 0.2) is 60.8 Å². The van der Waals surface area contributed by atoms with E-state index in [2.05, 4.69) is 89.4 Å². The normalized spacial score (nSPS) is 15.1. The number of unbranched alkanes of at least 4 members (excludes halogenated alkanes) is 1. The smallest absolute Gasteiger partial charge is 0.497 e. The number of benzene rings is 3. The molecule has 9 heteroatoms.